The number of esters is 1. The van der Waals surface area contributed by atoms with E-state index in [2.05, 4.69) is 9.89 Å². The van der Waals surface area contributed by atoms with Crippen molar-refractivity contribution in [2.75, 3.05) is 20.3 Å². The summed E-state index contributed by atoms with van der Waals surface area (Å²) in [6.07, 6.45) is 0. The van der Waals surface area contributed by atoms with E-state index in [4.69, 9.17) is 18.7 Å². The summed E-state index contributed by atoms with van der Waals surface area (Å²) in [5.74, 6) is 1.96. The number of furan rings is 1. The second kappa shape index (κ2) is 7.29. The fourth-order valence-electron chi connectivity index (χ4n) is 2.44. The Morgan fingerprint density at radius 1 is 1.20 bits per heavy atom. The lowest BCUT2D eigenvalue weighted by molar-refractivity contribution is 0.0599. The van der Waals surface area contributed by atoms with Gasteiger partial charge in [0.15, 0.2) is 18.1 Å². The van der Waals surface area contributed by atoms with E-state index in [1.807, 2.05) is 25.1 Å². The number of nitrogens with zero attached hydrogens (tertiary/aromatic N) is 1. The number of benzene rings is 1. The average Bonchev–Trinajstić information content (AvgIpc) is 3.01. The number of carbonyl (C=O) groups is 1. The zero-order valence-electron chi connectivity index (χ0n) is 14.3. The molecular formula is C18H19NO6. The van der Waals surface area contributed by atoms with E-state index in [9.17, 15) is 4.79 Å². The van der Waals surface area contributed by atoms with Gasteiger partial charge in [-0.3, -0.25) is 0 Å². The largest absolute Gasteiger partial charge is 0.486 e. The predicted octanol–water partition coefficient (Wildman–Crippen LogP) is 3.09. The molecule has 0 aliphatic carbocycles. The average molecular weight is 345 g/mol. The number of oxime groups is 1. The van der Waals surface area contributed by atoms with Crippen LogP contribution in [0.3, 0.4) is 0 Å². The number of rotatable bonds is 5. The van der Waals surface area contributed by atoms with Crippen molar-refractivity contribution in [2.24, 2.45) is 5.16 Å². The van der Waals surface area contributed by atoms with E-state index in [0.29, 0.717) is 41.8 Å². The van der Waals surface area contributed by atoms with Gasteiger partial charge >= 0.3 is 5.97 Å². The van der Waals surface area contributed by atoms with Gasteiger partial charge in [-0.15, -0.1) is 0 Å². The Morgan fingerprint density at radius 2 is 1.96 bits per heavy atom. The number of hydrogen-bond donors (Lipinski definition) is 0. The first-order chi connectivity index (χ1) is 12.1. The maximum Gasteiger partial charge on any atom is 0.341 e. The molecule has 0 N–H and O–H groups in total. The van der Waals surface area contributed by atoms with Crippen LogP contribution in [-0.4, -0.2) is 32.0 Å². The first-order valence-electron chi connectivity index (χ1n) is 7.82. The van der Waals surface area contributed by atoms with Crippen molar-refractivity contribution in [3.05, 3.63) is 46.9 Å². The molecule has 2 aromatic rings. The van der Waals surface area contributed by atoms with Gasteiger partial charge in [-0.2, -0.15) is 0 Å². The van der Waals surface area contributed by atoms with Crippen molar-refractivity contribution >= 4 is 11.7 Å². The number of ether oxygens (including phenoxy) is 3. The topological polar surface area (TPSA) is 79.5 Å². The minimum atomic E-state index is -0.441. The number of aryl methyl sites for hydroxylation is 1. The summed E-state index contributed by atoms with van der Waals surface area (Å²) < 4.78 is 21.2. The van der Waals surface area contributed by atoms with Crippen molar-refractivity contribution in [3.8, 4) is 11.5 Å². The highest BCUT2D eigenvalue weighted by atomic mass is 16.6. The van der Waals surface area contributed by atoms with Crippen LogP contribution in [-0.2, 0) is 16.2 Å². The first-order valence-corrected chi connectivity index (χ1v) is 7.82. The quantitative estimate of drug-likeness (QED) is 0.471. The standard InChI is InChI=1S/C18H19NO6/c1-11(13-4-5-16-17(8-13)23-7-6-22-16)19-24-10-14-9-15(12(2)25-14)18(20)21-3/h4-5,8-9H,6-7,10H2,1-3H3. The molecule has 3 rings (SSSR count). The number of carbonyl (C=O) groups excluding carboxylic acids is 1. The van der Waals surface area contributed by atoms with Crippen LogP contribution in [0, 0.1) is 6.92 Å². The highest BCUT2D eigenvalue weighted by Gasteiger charge is 2.16. The molecule has 132 valence electrons. The molecule has 0 bridgehead atoms. The van der Waals surface area contributed by atoms with Crippen molar-refractivity contribution in [2.45, 2.75) is 20.5 Å². The molecule has 25 heavy (non-hydrogen) atoms. The molecule has 0 radical (unpaired) electrons. The lowest BCUT2D eigenvalue weighted by Crippen LogP contribution is -2.15. The summed E-state index contributed by atoms with van der Waals surface area (Å²) in [5, 5.41) is 4.09. The fourth-order valence-corrected chi connectivity index (χ4v) is 2.44. The molecule has 0 saturated carbocycles. The highest BCUT2D eigenvalue weighted by Crippen LogP contribution is 2.31. The van der Waals surface area contributed by atoms with Crippen LogP contribution in [0.15, 0.2) is 33.8 Å². The Balaban J connectivity index is 1.65. The van der Waals surface area contributed by atoms with Gasteiger partial charge in [-0.25, -0.2) is 4.79 Å². The Hall–Kier alpha value is -2.96. The SMILES string of the molecule is COC(=O)c1cc(CON=C(C)c2ccc3c(c2)OCCO3)oc1C. The molecule has 0 amide bonds. The maximum atomic E-state index is 11.6. The van der Waals surface area contributed by atoms with E-state index in [-0.39, 0.29) is 6.61 Å². The normalized spacial score (nSPS) is 13.5. The first kappa shape index (κ1) is 16.9. The summed E-state index contributed by atoms with van der Waals surface area (Å²) in [7, 11) is 1.33. The van der Waals surface area contributed by atoms with E-state index in [0.717, 1.165) is 11.3 Å². The van der Waals surface area contributed by atoms with E-state index >= 15 is 0 Å². The van der Waals surface area contributed by atoms with E-state index in [1.165, 1.54) is 7.11 Å². The van der Waals surface area contributed by atoms with Gasteiger partial charge in [0, 0.05) is 5.56 Å². The van der Waals surface area contributed by atoms with Crippen molar-refractivity contribution in [1.82, 2.24) is 0 Å². The van der Waals surface area contributed by atoms with Gasteiger partial charge in [0.05, 0.1) is 12.8 Å². The minimum absolute atomic E-state index is 0.111. The van der Waals surface area contributed by atoms with Crippen LogP contribution >= 0.6 is 0 Å². The van der Waals surface area contributed by atoms with Gasteiger partial charge in [-0.05, 0) is 38.1 Å². The molecule has 1 aromatic heterocycles. The van der Waals surface area contributed by atoms with Crippen molar-refractivity contribution in [1.29, 1.82) is 0 Å². The molecule has 0 fully saturated rings. The molecule has 1 aromatic carbocycles. The fraction of sp³-hybridized carbons (Fsp3) is 0.333. The molecule has 1 aliphatic heterocycles. The van der Waals surface area contributed by atoms with Crippen LogP contribution in [0.5, 0.6) is 11.5 Å². The lowest BCUT2D eigenvalue weighted by Gasteiger charge is -2.18. The zero-order chi connectivity index (χ0) is 17.8. The second-order valence-corrected chi connectivity index (χ2v) is 5.48. The molecule has 1 aliphatic rings. The Bertz CT molecular complexity index is 808. The summed E-state index contributed by atoms with van der Waals surface area (Å²) in [4.78, 5) is 16.9. The molecule has 0 saturated heterocycles. The lowest BCUT2D eigenvalue weighted by atomic mass is 10.1. The number of methoxy groups -OCH3 is 1. The Labute approximate surface area is 145 Å². The van der Waals surface area contributed by atoms with Gasteiger partial charge < -0.3 is 23.5 Å². The smallest absolute Gasteiger partial charge is 0.341 e. The minimum Gasteiger partial charge on any atom is -0.486 e. The monoisotopic (exact) mass is 345 g/mol. The van der Waals surface area contributed by atoms with Crippen LogP contribution in [0.1, 0.15) is 34.4 Å². The molecule has 7 nitrogen and oxygen atoms in total. The summed E-state index contributed by atoms with van der Waals surface area (Å²) in [5.41, 5.74) is 1.94. The summed E-state index contributed by atoms with van der Waals surface area (Å²) in [6, 6.07) is 7.20. The Morgan fingerprint density at radius 3 is 2.72 bits per heavy atom. The van der Waals surface area contributed by atoms with Gasteiger partial charge in [0.2, 0.25) is 0 Å². The third-order valence-corrected chi connectivity index (χ3v) is 3.74. The van der Waals surface area contributed by atoms with Crippen LogP contribution in [0.4, 0.5) is 0 Å². The Kier molecular flexibility index (Phi) is 4.92. The third kappa shape index (κ3) is 3.76. The number of hydrogen-bond acceptors (Lipinski definition) is 7. The highest BCUT2D eigenvalue weighted by molar-refractivity contribution is 5.98. The van der Waals surface area contributed by atoms with Gasteiger partial charge in [0.1, 0.15) is 30.3 Å². The van der Waals surface area contributed by atoms with Crippen LogP contribution < -0.4 is 9.47 Å². The molecule has 2 heterocycles. The van der Waals surface area contributed by atoms with E-state index < -0.39 is 5.97 Å². The molecular weight excluding hydrogens is 326 g/mol. The third-order valence-electron chi connectivity index (χ3n) is 3.74. The van der Waals surface area contributed by atoms with Crippen LogP contribution in [0.2, 0.25) is 0 Å². The maximum absolute atomic E-state index is 11.6. The van der Waals surface area contributed by atoms with Gasteiger partial charge in [0.25, 0.3) is 0 Å². The second-order valence-electron chi connectivity index (χ2n) is 5.48. The van der Waals surface area contributed by atoms with Crippen LogP contribution in [0.25, 0.3) is 0 Å². The molecule has 0 spiro atoms. The molecule has 0 atom stereocenters. The van der Waals surface area contributed by atoms with Crippen molar-refractivity contribution in [3.63, 3.8) is 0 Å². The number of fused-ring (bicyclic) bond motifs is 1. The molecule has 0 unspecified atom stereocenters. The summed E-state index contributed by atoms with van der Waals surface area (Å²) >= 11 is 0. The predicted molar refractivity (Wildman–Crippen MR) is 89.2 cm³/mol. The van der Waals surface area contributed by atoms with Gasteiger partial charge in [-0.1, -0.05) is 5.16 Å². The van der Waals surface area contributed by atoms with E-state index in [1.54, 1.807) is 13.0 Å². The zero-order valence-corrected chi connectivity index (χ0v) is 14.3. The molecule has 7 heteroatoms. The van der Waals surface area contributed by atoms with Crippen molar-refractivity contribution < 1.29 is 28.3 Å². The summed E-state index contributed by atoms with van der Waals surface area (Å²) in [6.45, 7) is 4.72.